The quantitative estimate of drug-likeness (QED) is 0.841. The second kappa shape index (κ2) is 4.92. The SMILES string of the molecule is [2H]c1ccc2cc(OC)ccc2c1/C(C)=C\C(N)=O. The van der Waals surface area contributed by atoms with Gasteiger partial charge in [0.1, 0.15) is 5.75 Å². The van der Waals surface area contributed by atoms with Crippen LogP contribution < -0.4 is 10.5 Å². The van der Waals surface area contributed by atoms with Gasteiger partial charge in [0.25, 0.3) is 0 Å². The van der Waals surface area contributed by atoms with Crippen LogP contribution in [0.25, 0.3) is 16.3 Å². The lowest BCUT2D eigenvalue weighted by Crippen LogP contribution is -2.06. The largest absolute Gasteiger partial charge is 0.497 e. The van der Waals surface area contributed by atoms with Crippen molar-refractivity contribution in [1.29, 1.82) is 0 Å². The summed E-state index contributed by atoms with van der Waals surface area (Å²) in [7, 11) is 1.61. The third-order valence-corrected chi connectivity index (χ3v) is 2.77. The Morgan fingerprint density at radius 2 is 2.22 bits per heavy atom. The zero-order valence-electron chi connectivity index (χ0n) is 11.4. The van der Waals surface area contributed by atoms with Crippen molar-refractivity contribution >= 4 is 22.3 Å². The van der Waals surface area contributed by atoms with E-state index in [1.165, 1.54) is 6.08 Å². The molecule has 0 spiro atoms. The van der Waals surface area contributed by atoms with E-state index >= 15 is 0 Å². The van der Waals surface area contributed by atoms with Crippen LogP contribution >= 0.6 is 0 Å². The summed E-state index contributed by atoms with van der Waals surface area (Å²) in [6.45, 7) is 1.78. The lowest BCUT2D eigenvalue weighted by Gasteiger charge is -2.08. The highest BCUT2D eigenvalue weighted by molar-refractivity contribution is 6.00. The molecule has 0 bridgehead atoms. The van der Waals surface area contributed by atoms with Gasteiger partial charge in [0.15, 0.2) is 0 Å². The third-order valence-electron chi connectivity index (χ3n) is 2.77. The Balaban J connectivity index is 2.72. The molecule has 0 radical (unpaired) electrons. The van der Waals surface area contributed by atoms with Gasteiger partial charge in [0.05, 0.1) is 8.48 Å². The average Bonchev–Trinajstić information content (AvgIpc) is 2.37. The fourth-order valence-electron chi connectivity index (χ4n) is 1.94. The molecule has 0 saturated carbocycles. The van der Waals surface area contributed by atoms with Crippen molar-refractivity contribution in [3.8, 4) is 5.75 Å². The molecule has 2 rings (SSSR count). The first-order valence-corrected chi connectivity index (χ1v) is 5.58. The van der Waals surface area contributed by atoms with Crippen LogP contribution in [0, 0.1) is 0 Å². The fraction of sp³-hybridized carbons (Fsp3) is 0.133. The van der Waals surface area contributed by atoms with Crippen molar-refractivity contribution in [3.63, 3.8) is 0 Å². The number of primary amides is 1. The van der Waals surface area contributed by atoms with Crippen LogP contribution in [0.3, 0.4) is 0 Å². The first-order valence-electron chi connectivity index (χ1n) is 6.08. The summed E-state index contributed by atoms with van der Waals surface area (Å²) in [5.74, 6) is 0.245. The van der Waals surface area contributed by atoms with E-state index < -0.39 is 5.91 Å². The van der Waals surface area contributed by atoms with Gasteiger partial charge in [-0.05, 0) is 41.0 Å². The number of allylic oxidation sites excluding steroid dienone is 1. The number of rotatable bonds is 3. The molecule has 0 fully saturated rings. The van der Waals surface area contributed by atoms with Gasteiger partial charge in [-0.1, -0.05) is 24.2 Å². The first kappa shape index (κ1) is 10.8. The highest BCUT2D eigenvalue weighted by Crippen LogP contribution is 2.27. The summed E-state index contributed by atoms with van der Waals surface area (Å²) in [5, 5.41) is 1.87. The van der Waals surface area contributed by atoms with E-state index in [1.807, 2.05) is 24.3 Å². The number of fused-ring (bicyclic) bond motifs is 1. The molecule has 2 N–H and O–H groups in total. The lowest BCUT2D eigenvalue weighted by molar-refractivity contribution is -0.113. The summed E-state index contributed by atoms with van der Waals surface area (Å²) in [6, 6.07) is 9.56. The summed E-state index contributed by atoms with van der Waals surface area (Å²) in [4.78, 5) is 11.0. The molecule has 0 unspecified atom stereocenters. The summed E-state index contributed by atoms with van der Waals surface area (Å²) in [5.41, 5.74) is 6.58. The van der Waals surface area contributed by atoms with Crippen molar-refractivity contribution in [2.75, 3.05) is 7.11 Å². The van der Waals surface area contributed by atoms with E-state index in [0.717, 1.165) is 22.1 Å². The first-order chi connectivity index (χ1) is 9.02. The molecule has 1 amide bonds. The van der Waals surface area contributed by atoms with E-state index in [1.54, 1.807) is 20.1 Å². The van der Waals surface area contributed by atoms with Crippen molar-refractivity contribution in [2.45, 2.75) is 6.92 Å². The normalized spacial score (nSPS) is 12.3. The van der Waals surface area contributed by atoms with Gasteiger partial charge in [0.2, 0.25) is 5.91 Å². The molecule has 18 heavy (non-hydrogen) atoms. The number of ether oxygens (including phenoxy) is 1. The Bertz CT molecular complexity index is 677. The highest BCUT2D eigenvalue weighted by atomic mass is 16.5. The zero-order valence-corrected chi connectivity index (χ0v) is 10.4. The number of benzene rings is 2. The van der Waals surface area contributed by atoms with E-state index in [9.17, 15) is 4.79 Å². The molecule has 2 aromatic carbocycles. The fourth-order valence-corrected chi connectivity index (χ4v) is 1.94. The maximum absolute atomic E-state index is 11.0. The third kappa shape index (κ3) is 2.35. The number of hydrogen-bond donors (Lipinski definition) is 1. The molecule has 0 heterocycles. The second-order valence-electron chi connectivity index (χ2n) is 4.04. The van der Waals surface area contributed by atoms with Crippen LogP contribution in [0.2, 0.25) is 0 Å². The van der Waals surface area contributed by atoms with Gasteiger partial charge >= 0.3 is 0 Å². The molecule has 0 aromatic heterocycles. The van der Waals surface area contributed by atoms with Crippen molar-refractivity contribution in [2.24, 2.45) is 5.73 Å². The maximum Gasteiger partial charge on any atom is 0.241 e. The minimum atomic E-state index is -0.512. The topological polar surface area (TPSA) is 52.3 Å². The van der Waals surface area contributed by atoms with E-state index in [-0.39, 0.29) is 0 Å². The molecule has 2 aromatic rings. The Kier molecular flexibility index (Phi) is 2.96. The van der Waals surface area contributed by atoms with Crippen LogP contribution in [0.5, 0.6) is 5.75 Å². The molecule has 3 heteroatoms. The number of nitrogens with two attached hydrogens (primary N) is 1. The molecule has 0 saturated heterocycles. The minimum absolute atomic E-state index is 0.368. The van der Waals surface area contributed by atoms with Gasteiger partial charge in [-0.2, -0.15) is 0 Å². The number of hydrogen-bond acceptors (Lipinski definition) is 2. The maximum atomic E-state index is 11.0. The van der Waals surface area contributed by atoms with Crippen LogP contribution in [0.15, 0.2) is 42.5 Å². The molecule has 0 atom stereocenters. The van der Waals surface area contributed by atoms with E-state index in [4.69, 9.17) is 11.8 Å². The van der Waals surface area contributed by atoms with E-state index in [2.05, 4.69) is 0 Å². The van der Waals surface area contributed by atoms with Crippen LogP contribution in [-0.4, -0.2) is 13.0 Å². The Hall–Kier alpha value is -2.29. The van der Waals surface area contributed by atoms with Gasteiger partial charge in [-0.3, -0.25) is 4.79 Å². The van der Waals surface area contributed by atoms with Gasteiger partial charge in [-0.25, -0.2) is 0 Å². The Morgan fingerprint density at radius 1 is 1.44 bits per heavy atom. The summed E-state index contributed by atoms with van der Waals surface area (Å²) >= 11 is 0. The lowest BCUT2D eigenvalue weighted by atomic mass is 9.99. The summed E-state index contributed by atoms with van der Waals surface area (Å²) < 4.78 is 13.2. The average molecular weight is 242 g/mol. The van der Waals surface area contributed by atoms with Crippen LogP contribution in [0.1, 0.15) is 13.9 Å². The highest BCUT2D eigenvalue weighted by Gasteiger charge is 2.04. The molecule has 3 nitrogen and oxygen atoms in total. The van der Waals surface area contributed by atoms with Gasteiger partial charge in [0, 0.05) is 6.08 Å². The number of methoxy groups -OCH3 is 1. The number of carbonyl (C=O) groups is 1. The smallest absolute Gasteiger partial charge is 0.241 e. The van der Waals surface area contributed by atoms with Crippen molar-refractivity contribution in [1.82, 2.24) is 0 Å². The zero-order chi connectivity index (χ0) is 14.0. The Labute approximate surface area is 107 Å². The monoisotopic (exact) mass is 242 g/mol. The van der Waals surface area contributed by atoms with Crippen LogP contribution in [0.4, 0.5) is 0 Å². The van der Waals surface area contributed by atoms with Gasteiger partial charge < -0.3 is 10.5 Å². The van der Waals surface area contributed by atoms with Crippen molar-refractivity contribution in [3.05, 3.63) is 48.0 Å². The Morgan fingerprint density at radius 3 is 2.89 bits per heavy atom. The molecule has 0 aliphatic rings. The molecule has 0 aliphatic carbocycles. The number of amides is 1. The second-order valence-corrected chi connectivity index (χ2v) is 4.04. The molecular weight excluding hydrogens is 226 g/mol. The van der Waals surface area contributed by atoms with Gasteiger partial charge in [-0.15, -0.1) is 0 Å². The number of carbonyl (C=O) groups excluding carboxylic acids is 1. The molecule has 92 valence electrons. The molecular formula is C15H15NO2. The minimum Gasteiger partial charge on any atom is -0.497 e. The predicted octanol–water partition coefficient (Wildman–Crippen LogP) is 2.74. The van der Waals surface area contributed by atoms with Crippen molar-refractivity contribution < 1.29 is 10.9 Å². The van der Waals surface area contributed by atoms with E-state index in [0.29, 0.717) is 11.6 Å². The molecule has 0 aliphatic heterocycles. The summed E-state index contributed by atoms with van der Waals surface area (Å²) in [6.07, 6.45) is 1.34. The predicted molar refractivity (Wildman–Crippen MR) is 73.3 cm³/mol. The van der Waals surface area contributed by atoms with Crippen LogP contribution in [-0.2, 0) is 4.79 Å². The standard InChI is InChI=1S/C15H15NO2/c1-10(8-15(16)17)13-5-3-4-11-9-12(18-2)6-7-14(11)13/h3-9H,1-2H3,(H2,16,17)/b10-8-/i5D.